The van der Waals surface area contributed by atoms with Crippen LogP contribution in [-0.4, -0.2) is 44.8 Å². The molecule has 0 atom stereocenters. The van der Waals surface area contributed by atoms with Crippen molar-refractivity contribution in [1.29, 1.82) is 0 Å². The van der Waals surface area contributed by atoms with Crippen LogP contribution >= 0.6 is 0 Å². The lowest BCUT2D eigenvalue weighted by Gasteiger charge is -2.07. The van der Waals surface area contributed by atoms with Gasteiger partial charge in [0.15, 0.2) is 0 Å². The summed E-state index contributed by atoms with van der Waals surface area (Å²) < 4.78 is 51.8. The van der Waals surface area contributed by atoms with Gasteiger partial charge in [-0.1, -0.05) is 0 Å². The molecule has 0 radical (unpaired) electrons. The summed E-state index contributed by atoms with van der Waals surface area (Å²) in [5, 5.41) is 7.14. The van der Waals surface area contributed by atoms with Gasteiger partial charge in [0.25, 0.3) is 6.43 Å². The Morgan fingerprint density at radius 1 is 1.35 bits per heavy atom. The first-order chi connectivity index (χ1) is 9.29. The smallest absolute Gasteiger partial charge is 0.251 e. The van der Waals surface area contributed by atoms with Crippen LogP contribution < -0.4 is 10.0 Å². The minimum Gasteiger partial charge on any atom is -0.320 e. The first-order valence-electron chi connectivity index (χ1n) is 6.26. The van der Waals surface area contributed by atoms with Gasteiger partial charge < -0.3 is 5.32 Å². The molecule has 116 valence electrons. The number of nitrogens with one attached hydrogen (secondary N) is 2. The number of aromatic nitrogens is 2. The molecule has 0 spiro atoms. The molecule has 1 rings (SSSR count). The molecule has 0 aliphatic rings. The van der Waals surface area contributed by atoms with Gasteiger partial charge in [-0.05, 0) is 33.9 Å². The molecule has 0 saturated heterocycles. The number of rotatable bonds is 8. The van der Waals surface area contributed by atoms with E-state index in [4.69, 9.17) is 0 Å². The third-order valence-corrected chi connectivity index (χ3v) is 4.48. The molecule has 0 aliphatic heterocycles. The van der Waals surface area contributed by atoms with Gasteiger partial charge in [0.2, 0.25) is 10.0 Å². The minimum absolute atomic E-state index is 0.0115. The highest BCUT2D eigenvalue weighted by molar-refractivity contribution is 7.89. The zero-order valence-electron chi connectivity index (χ0n) is 11.8. The predicted octanol–water partition coefficient (Wildman–Crippen LogP) is 0.653. The Labute approximate surface area is 117 Å². The van der Waals surface area contributed by atoms with Crippen molar-refractivity contribution >= 4 is 10.0 Å². The number of halogens is 2. The van der Waals surface area contributed by atoms with Gasteiger partial charge in [-0.3, -0.25) is 4.68 Å². The third-order valence-electron chi connectivity index (χ3n) is 2.81. The maximum absolute atomic E-state index is 12.1. The van der Waals surface area contributed by atoms with Crippen LogP contribution in [0.1, 0.15) is 17.8 Å². The van der Waals surface area contributed by atoms with E-state index in [0.29, 0.717) is 17.9 Å². The summed E-state index contributed by atoms with van der Waals surface area (Å²) in [7, 11) is -2.13. The van der Waals surface area contributed by atoms with Crippen LogP contribution in [0.4, 0.5) is 8.78 Å². The molecule has 1 heterocycles. The Balaban J connectivity index is 2.95. The molecule has 6 nitrogen and oxygen atoms in total. The number of hydrogen-bond donors (Lipinski definition) is 2. The fraction of sp³-hybridized carbons (Fsp3) is 0.727. The Kier molecular flexibility index (Phi) is 6.03. The molecular weight excluding hydrogens is 290 g/mol. The van der Waals surface area contributed by atoms with E-state index in [-0.39, 0.29) is 4.90 Å². The first kappa shape index (κ1) is 17.0. The molecule has 20 heavy (non-hydrogen) atoms. The van der Waals surface area contributed by atoms with E-state index in [1.807, 2.05) is 11.8 Å². The normalized spacial score (nSPS) is 12.3. The topological polar surface area (TPSA) is 76.0 Å². The van der Waals surface area contributed by atoms with Crippen LogP contribution in [0.15, 0.2) is 4.90 Å². The Morgan fingerprint density at radius 3 is 2.55 bits per heavy atom. The van der Waals surface area contributed by atoms with E-state index in [1.165, 1.54) is 0 Å². The SMILES string of the molecule is CNCCCn1nc(C)c(S(=O)(=O)NCC(F)F)c1C. The lowest BCUT2D eigenvalue weighted by Crippen LogP contribution is -2.29. The van der Waals surface area contributed by atoms with Crippen LogP contribution in [0.25, 0.3) is 0 Å². The minimum atomic E-state index is -3.96. The van der Waals surface area contributed by atoms with Crippen LogP contribution in [-0.2, 0) is 16.6 Å². The maximum atomic E-state index is 12.1. The summed E-state index contributed by atoms with van der Waals surface area (Å²) >= 11 is 0. The molecule has 9 heteroatoms. The highest BCUT2D eigenvalue weighted by Gasteiger charge is 2.25. The molecule has 0 fully saturated rings. The fourth-order valence-electron chi connectivity index (χ4n) is 1.94. The van der Waals surface area contributed by atoms with Gasteiger partial charge in [0.1, 0.15) is 4.90 Å². The van der Waals surface area contributed by atoms with Gasteiger partial charge in [-0.25, -0.2) is 21.9 Å². The molecule has 1 aromatic rings. The summed E-state index contributed by atoms with van der Waals surface area (Å²) in [5.41, 5.74) is 0.772. The maximum Gasteiger partial charge on any atom is 0.251 e. The number of aryl methyl sites for hydroxylation is 2. The van der Waals surface area contributed by atoms with Gasteiger partial charge in [-0.15, -0.1) is 0 Å². The molecule has 0 unspecified atom stereocenters. The van der Waals surface area contributed by atoms with Crippen molar-refractivity contribution in [2.45, 2.75) is 38.1 Å². The summed E-state index contributed by atoms with van der Waals surface area (Å²) in [5.74, 6) is 0. The molecule has 0 bridgehead atoms. The summed E-state index contributed by atoms with van der Waals surface area (Å²) in [6, 6.07) is 0. The second-order valence-electron chi connectivity index (χ2n) is 4.42. The molecule has 0 saturated carbocycles. The monoisotopic (exact) mass is 310 g/mol. The van der Waals surface area contributed by atoms with Crippen LogP contribution in [0, 0.1) is 13.8 Å². The van der Waals surface area contributed by atoms with E-state index >= 15 is 0 Å². The largest absolute Gasteiger partial charge is 0.320 e. The first-order valence-corrected chi connectivity index (χ1v) is 7.74. The van der Waals surface area contributed by atoms with Crippen molar-refractivity contribution in [3.8, 4) is 0 Å². The van der Waals surface area contributed by atoms with Crippen molar-refractivity contribution in [3.63, 3.8) is 0 Å². The second kappa shape index (κ2) is 7.09. The molecular formula is C11H20F2N4O2S. The van der Waals surface area contributed by atoms with Gasteiger partial charge in [-0.2, -0.15) is 5.10 Å². The zero-order valence-corrected chi connectivity index (χ0v) is 12.6. The number of sulfonamides is 1. The highest BCUT2D eigenvalue weighted by atomic mass is 32.2. The number of hydrogen-bond acceptors (Lipinski definition) is 4. The quantitative estimate of drug-likeness (QED) is 0.691. The Bertz CT molecular complexity index is 543. The second-order valence-corrected chi connectivity index (χ2v) is 6.13. The van der Waals surface area contributed by atoms with Crippen molar-refractivity contribution in [3.05, 3.63) is 11.4 Å². The third kappa shape index (κ3) is 4.22. The van der Waals surface area contributed by atoms with E-state index in [0.717, 1.165) is 13.0 Å². The van der Waals surface area contributed by atoms with E-state index < -0.39 is 23.0 Å². The Morgan fingerprint density at radius 2 is 2.00 bits per heavy atom. The van der Waals surface area contributed by atoms with E-state index in [1.54, 1.807) is 18.5 Å². The lowest BCUT2D eigenvalue weighted by molar-refractivity contribution is 0.153. The van der Waals surface area contributed by atoms with E-state index in [2.05, 4.69) is 10.4 Å². The standard InChI is InChI=1S/C11H20F2N4O2S/c1-8-11(20(18,19)15-7-10(12)13)9(2)17(16-8)6-4-5-14-3/h10,14-15H,4-7H2,1-3H3. The van der Waals surface area contributed by atoms with Crippen LogP contribution in [0.2, 0.25) is 0 Å². The van der Waals surface area contributed by atoms with Gasteiger partial charge in [0.05, 0.1) is 17.9 Å². The van der Waals surface area contributed by atoms with Crippen molar-refractivity contribution in [1.82, 2.24) is 19.8 Å². The molecule has 1 aromatic heterocycles. The van der Waals surface area contributed by atoms with Gasteiger partial charge >= 0.3 is 0 Å². The number of alkyl halides is 2. The molecule has 0 aliphatic carbocycles. The average Bonchev–Trinajstić information content (AvgIpc) is 2.63. The molecule has 0 amide bonds. The van der Waals surface area contributed by atoms with E-state index in [9.17, 15) is 17.2 Å². The highest BCUT2D eigenvalue weighted by Crippen LogP contribution is 2.19. The van der Waals surface area contributed by atoms with Crippen LogP contribution in [0.5, 0.6) is 0 Å². The fourth-order valence-corrected chi connectivity index (χ4v) is 3.35. The summed E-state index contributed by atoms with van der Waals surface area (Å²) in [4.78, 5) is -0.0115. The van der Waals surface area contributed by atoms with Crippen molar-refractivity contribution < 1.29 is 17.2 Å². The summed E-state index contributed by atoms with van der Waals surface area (Å²) in [6.45, 7) is 3.63. The zero-order chi connectivity index (χ0) is 15.3. The predicted molar refractivity (Wildman–Crippen MR) is 71.4 cm³/mol. The van der Waals surface area contributed by atoms with Crippen LogP contribution in [0.3, 0.4) is 0 Å². The molecule has 2 N–H and O–H groups in total. The lowest BCUT2D eigenvalue weighted by atomic mass is 10.4. The summed E-state index contributed by atoms with van der Waals surface area (Å²) in [6.07, 6.45) is -1.93. The van der Waals surface area contributed by atoms with Crippen molar-refractivity contribution in [2.75, 3.05) is 20.1 Å². The molecule has 0 aromatic carbocycles. The Hall–Kier alpha value is -1.06. The van der Waals surface area contributed by atoms with Crippen molar-refractivity contribution in [2.24, 2.45) is 0 Å². The average molecular weight is 310 g/mol. The number of nitrogens with zero attached hydrogens (tertiary/aromatic N) is 2. The van der Waals surface area contributed by atoms with Gasteiger partial charge in [0, 0.05) is 6.54 Å².